The molecule has 1 aliphatic rings. The second-order valence-electron chi connectivity index (χ2n) is 7.98. The Morgan fingerprint density at radius 2 is 2.15 bits per heavy atom. The minimum Gasteiger partial charge on any atom is -0.370 e. The standard InChI is InChI=1S/C24H27ClN4O3S/c1-3-4-5-22-27-17(13-26-24(31)20-8-9-21(25)33-20)14-29(22)18-6-7-19(16(2)12-18)28-10-11-32-15-23(28)30/h6-9,12,14H,3-5,10-11,13,15H2,1-2H3,(H,26,31). The third kappa shape index (κ3) is 5.46. The molecule has 0 bridgehead atoms. The molecular weight excluding hydrogens is 460 g/mol. The quantitative estimate of drug-likeness (QED) is 0.507. The van der Waals surface area contributed by atoms with Crippen LogP contribution in [0.3, 0.4) is 0 Å². The van der Waals surface area contributed by atoms with Gasteiger partial charge in [0.05, 0.1) is 28.1 Å². The minimum atomic E-state index is -0.160. The predicted molar refractivity (Wildman–Crippen MR) is 131 cm³/mol. The molecule has 0 unspecified atom stereocenters. The van der Waals surface area contributed by atoms with E-state index in [1.807, 2.05) is 25.3 Å². The van der Waals surface area contributed by atoms with Gasteiger partial charge < -0.3 is 19.5 Å². The van der Waals surface area contributed by atoms with Crippen molar-refractivity contribution in [2.45, 2.75) is 39.7 Å². The number of nitrogens with zero attached hydrogens (tertiary/aromatic N) is 3. The molecule has 1 N–H and O–H groups in total. The third-order valence-corrected chi connectivity index (χ3v) is 6.77. The average Bonchev–Trinajstić information content (AvgIpc) is 3.43. The number of morpholine rings is 1. The number of imidazole rings is 1. The molecule has 3 aromatic rings. The Hall–Kier alpha value is -2.68. The van der Waals surface area contributed by atoms with Crippen molar-refractivity contribution in [3.8, 4) is 5.69 Å². The number of aryl methyl sites for hydroxylation is 2. The predicted octanol–water partition coefficient (Wildman–Crippen LogP) is 4.53. The monoisotopic (exact) mass is 486 g/mol. The first-order valence-corrected chi connectivity index (χ1v) is 12.3. The number of aromatic nitrogens is 2. The molecule has 7 nitrogen and oxygen atoms in total. The van der Waals surface area contributed by atoms with E-state index in [9.17, 15) is 9.59 Å². The molecule has 0 radical (unpaired) electrons. The highest BCUT2D eigenvalue weighted by Crippen LogP contribution is 2.26. The van der Waals surface area contributed by atoms with Gasteiger partial charge in [0.1, 0.15) is 12.4 Å². The van der Waals surface area contributed by atoms with Gasteiger partial charge in [-0.2, -0.15) is 0 Å². The molecule has 0 spiro atoms. The van der Waals surface area contributed by atoms with Crippen LogP contribution in [-0.2, 0) is 22.5 Å². The number of ether oxygens (including phenoxy) is 1. The number of nitrogens with one attached hydrogen (secondary N) is 1. The van der Waals surface area contributed by atoms with Crippen LogP contribution in [0, 0.1) is 6.92 Å². The minimum absolute atomic E-state index is 0.0200. The van der Waals surface area contributed by atoms with E-state index in [0.29, 0.717) is 28.9 Å². The van der Waals surface area contributed by atoms with Crippen LogP contribution < -0.4 is 10.2 Å². The largest absolute Gasteiger partial charge is 0.370 e. The summed E-state index contributed by atoms with van der Waals surface area (Å²) in [4.78, 5) is 31.8. The zero-order valence-corrected chi connectivity index (χ0v) is 20.3. The summed E-state index contributed by atoms with van der Waals surface area (Å²) in [5.74, 6) is 0.773. The molecule has 9 heteroatoms. The van der Waals surface area contributed by atoms with Gasteiger partial charge in [-0.3, -0.25) is 9.59 Å². The first-order valence-electron chi connectivity index (χ1n) is 11.1. The topological polar surface area (TPSA) is 76.5 Å². The molecule has 0 saturated carbocycles. The molecule has 2 aromatic heterocycles. The summed E-state index contributed by atoms with van der Waals surface area (Å²) in [6.45, 7) is 5.72. The summed E-state index contributed by atoms with van der Waals surface area (Å²) >= 11 is 7.19. The van der Waals surface area contributed by atoms with Gasteiger partial charge in [0.2, 0.25) is 0 Å². The third-order valence-electron chi connectivity index (χ3n) is 5.55. The van der Waals surface area contributed by atoms with E-state index < -0.39 is 0 Å². The van der Waals surface area contributed by atoms with Crippen LogP contribution in [0.2, 0.25) is 4.34 Å². The Morgan fingerprint density at radius 1 is 1.30 bits per heavy atom. The molecule has 1 fully saturated rings. The number of amides is 2. The lowest BCUT2D eigenvalue weighted by atomic mass is 10.1. The zero-order valence-electron chi connectivity index (χ0n) is 18.8. The zero-order chi connectivity index (χ0) is 23.4. The molecule has 3 heterocycles. The lowest BCUT2D eigenvalue weighted by Gasteiger charge is -2.28. The highest BCUT2D eigenvalue weighted by molar-refractivity contribution is 7.17. The first-order chi connectivity index (χ1) is 16.0. The number of benzene rings is 1. The van der Waals surface area contributed by atoms with Gasteiger partial charge in [-0.25, -0.2) is 4.98 Å². The number of carbonyl (C=O) groups excluding carboxylic acids is 2. The van der Waals surface area contributed by atoms with Gasteiger partial charge in [0.15, 0.2) is 0 Å². The molecule has 1 saturated heterocycles. The molecule has 0 atom stereocenters. The molecule has 2 amide bonds. The second-order valence-corrected chi connectivity index (χ2v) is 9.69. The Balaban J connectivity index is 1.55. The smallest absolute Gasteiger partial charge is 0.261 e. The number of unbranched alkanes of at least 4 members (excludes halogenated alkanes) is 1. The van der Waals surface area contributed by atoms with Crippen molar-refractivity contribution in [3.05, 3.63) is 62.8 Å². The second kappa shape index (κ2) is 10.5. The van der Waals surface area contributed by atoms with Crippen molar-refractivity contribution in [2.75, 3.05) is 24.7 Å². The fourth-order valence-corrected chi connectivity index (χ4v) is 4.81. The number of hydrogen-bond acceptors (Lipinski definition) is 5. The molecule has 1 aliphatic heterocycles. The van der Waals surface area contributed by atoms with Crippen LogP contribution >= 0.6 is 22.9 Å². The summed E-state index contributed by atoms with van der Waals surface area (Å²) in [5, 5.41) is 2.93. The molecule has 174 valence electrons. The van der Waals surface area contributed by atoms with Gasteiger partial charge in [-0.05, 0) is 49.2 Å². The van der Waals surface area contributed by atoms with Crippen molar-refractivity contribution < 1.29 is 14.3 Å². The Morgan fingerprint density at radius 3 is 2.85 bits per heavy atom. The van der Waals surface area contributed by atoms with Crippen molar-refractivity contribution >= 4 is 40.4 Å². The maximum atomic E-state index is 12.4. The van der Waals surface area contributed by atoms with Crippen molar-refractivity contribution in [1.29, 1.82) is 0 Å². The van der Waals surface area contributed by atoms with E-state index >= 15 is 0 Å². The first kappa shape index (κ1) is 23.5. The van der Waals surface area contributed by atoms with E-state index in [1.165, 1.54) is 11.3 Å². The number of carbonyl (C=O) groups is 2. The number of rotatable bonds is 8. The van der Waals surface area contributed by atoms with E-state index in [2.05, 4.69) is 22.9 Å². The maximum Gasteiger partial charge on any atom is 0.261 e. The van der Waals surface area contributed by atoms with E-state index in [4.69, 9.17) is 21.3 Å². The van der Waals surface area contributed by atoms with Gasteiger partial charge in [0.25, 0.3) is 11.8 Å². The Labute approximate surface area is 202 Å². The van der Waals surface area contributed by atoms with Crippen molar-refractivity contribution in [1.82, 2.24) is 14.9 Å². The van der Waals surface area contributed by atoms with E-state index in [0.717, 1.165) is 47.7 Å². The summed E-state index contributed by atoms with van der Waals surface area (Å²) in [6, 6.07) is 9.51. The van der Waals surface area contributed by atoms with Crippen LogP contribution in [0.5, 0.6) is 0 Å². The fourth-order valence-electron chi connectivity index (χ4n) is 3.85. The number of halogens is 1. The summed E-state index contributed by atoms with van der Waals surface area (Å²) < 4.78 is 7.92. The van der Waals surface area contributed by atoms with Crippen LogP contribution in [0.15, 0.2) is 36.5 Å². The van der Waals surface area contributed by atoms with Crippen molar-refractivity contribution in [2.24, 2.45) is 0 Å². The fraction of sp³-hybridized carbons (Fsp3) is 0.375. The van der Waals surface area contributed by atoms with Gasteiger partial charge in [0, 0.05) is 30.5 Å². The number of anilines is 1. The molecule has 33 heavy (non-hydrogen) atoms. The SMILES string of the molecule is CCCCc1nc(CNC(=O)c2ccc(Cl)s2)cn1-c1ccc(N2CCOCC2=O)c(C)c1. The highest BCUT2D eigenvalue weighted by atomic mass is 35.5. The van der Waals surface area contributed by atoms with Crippen LogP contribution in [0.4, 0.5) is 5.69 Å². The molecule has 4 rings (SSSR count). The van der Waals surface area contributed by atoms with Gasteiger partial charge in [-0.15, -0.1) is 11.3 Å². The molecule has 0 aliphatic carbocycles. The maximum absolute atomic E-state index is 12.4. The Kier molecular flexibility index (Phi) is 7.47. The molecule has 1 aromatic carbocycles. The summed E-state index contributed by atoms with van der Waals surface area (Å²) in [5.41, 5.74) is 3.70. The number of thiophene rings is 1. The summed E-state index contributed by atoms with van der Waals surface area (Å²) in [6.07, 6.45) is 4.90. The summed E-state index contributed by atoms with van der Waals surface area (Å²) in [7, 11) is 0. The van der Waals surface area contributed by atoms with Gasteiger partial charge in [-0.1, -0.05) is 24.9 Å². The average molecular weight is 487 g/mol. The Bertz CT molecular complexity index is 1160. The van der Waals surface area contributed by atoms with Crippen LogP contribution in [0.1, 0.15) is 46.5 Å². The lowest BCUT2D eigenvalue weighted by molar-refractivity contribution is -0.125. The lowest BCUT2D eigenvalue weighted by Crippen LogP contribution is -2.42. The van der Waals surface area contributed by atoms with Crippen LogP contribution in [-0.4, -0.2) is 41.1 Å². The number of hydrogen-bond donors (Lipinski definition) is 1. The van der Waals surface area contributed by atoms with E-state index in [-0.39, 0.29) is 18.4 Å². The van der Waals surface area contributed by atoms with Gasteiger partial charge >= 0.3 is 0 Å². The van der Waals surface area contributed by atoms with Crippen LogP contribution in [0.25, 0.3) is 5.69 Å². The normalized spacial score (nSPS) is 14.0. The highest BCUT2D eigenvalue weighted by Gasteiger charge is 2.22. The van der Waals surface area contributed by atoms with E-state index in [1.54, 1.807) is 17.0 Å². The molecular formula is C24H27ClN4O3S. The van der Waals surface area contributed by atoms with Crippen molar-refractivity contribution in [3.63, 3.8) is 0 Å².